The Morgan fingerprint density at radius 3 is 2.50 bits per heavy atom. The Bertz CT molecular complexity index is 489. The minimum Gasteiger partial charge on any atom is -0.310 e. The van der Waals surface area contributed by atoms with Gasteiger partial charge in [-0.1, -0.05) is 12.1 Å². The molecule has 0 unspecified atom stereocenters. The van der Waals surface area contributed by atoms with Crippen molar-refractivity contribution in [2.75, 3.05) is 18.0 Å². The summed E-state index contributed by atoms with van der Waals surface area (Å²) in [7, 11) is 0. The number of amides is 1. The van der Waals surface area contributed by atoms with Gasteiger partial charge in [0.2, 0.25) is 0 Å². The summed E-state index contributed by atoms with van der Waals surface area (Å²) in [5.74, 6) is -0.826. The van der Waals surface area contributed by atoms with Crippen LogP contribution in [0.15, 0.2) is 24.3 Å². The second kappa shape index (κ2) is 4.53. The Kier molecular flexibility index (Phi) is 3.22. The largest absolute Gasteiger partial charge is 0.310 e. The van der Waals surface area contributed by atoms with E-state index in [1.165, 1.54) is 0 Å². The topological polar surface area (TPSA) is 49.4 Å². The minimum atomic E-state index is -0.424. The molecule has 0 aromatic heterocycles. The average Bonchev–Trinajstić information content (AvgIpc) is 2.53. The third kappa shape index (κ3) is 2.43. The van der Waals surface area contributed by atoms with E-state index in [0.717, 1.165) is 5.69 Å². The Hall–Kier alpha value is -1.68. The lowest BCUT2D eigenvalue weighted by Gasteiger charge is -2.23. The van der Waals surface area contributed by atoms with E-state index in [4.69, 9.17) is 0 Å². The van der Waals surface area contributed by atoms with Crippen LogP contribution in [-0.4, -0.2) is 30.3 Å². The van der Waals surface area contributed by atoms with Crippen LogP contribution in [0.25, 0.3) is 0 Å². The molecule has 1 heterocycles. The molecular formula is C14H18N2O2. The highest BCUT2D eigenvalue weighted by atomic mass is 16.2. The van der Waals surface area contributed by atoms with Gasteiger partial charge in [0.05, 0.1) is 11.3 Å². The first-order chi connectivity index (χ1) is 8.40. The molecular weight excluding hydrogens is 228 g/mol. The lowest BCUT2D eigenvalue weighted by molar-refractivity contribution is -0.114. The van der Waals surface area contributed by atoms with Crippen molar-refractivity contribution < 1.29 is 9.59 Å². The fourth-order valence-corrected chi connectivity index (χ4v) is 2.01. The molecule has 1 aliphatic heterocycles. The second-order valence-electron chi connectivity index (χ2n) is 5.48. The Morgan fingerprint density at radius 2 is 1.83 bits per heavy atom. The third-order valence-corrected chi connectivity index (χ3v) is 2.87. The molecule has 18 heavy (non-hydrogen) atoms. The zero-order valence-electron chi connectivity index (χ0n) is 11.0. The lowest BCUT2D eigenvalue weighted by Crippen LogP contribution is -2.42. The van der Waals surface area contributed by atoms with E-state index >= 15 is 0 Å². The molecule has 0 atom stereocenters. The van der Waals surface area contributed by atoms with Gasteiger partial charge in [-0.3, -0.25) is 9.59 Å². The van der Waals surface area contributed by atoms with Gasteiger partial charge in [0, 0.05) is 18.6 Å². The van der Waals surface area contributed by atoms with Crippen molar-refractivity contribution in [3.63, 3.8) is 0 Å². The molecule has 1 aromatic carbocycles. The number of Topliss-reactive ketones (excluding diaryl/α,β-unsaturated/α-hetero) is 1. The molecule has 1 aromatic rings. The summed E-state index contributed by atoms with van der Waals surface area (Å²) in [6.07, 6.45) is 0. The Labute approximate surface area is 107 Å². The van der Waals surface area contributed by atoms with Gasteiger partial charge in [0.1, 0.15) is 0 Å². The van der Waals surface area contributed by atoms with Gasteiger partial charge >= 0.3 is 0 Å². The maximum atomic E-state index is 11.9. The lowest BCUT2D eigenvalue weighted by atomic mass is 10.1. The van der Waals surface area contributed by atoms with Crippen molar-refractivity contribution in [3.05, 3.63) is 29.8 Å². The van der Waals surface area contributed by atoms with Crippen molar-refractivity contribution in [1.29, 1.82) is 0 Å². The normalized spacial score (nSPS) is 15.2. The molecule has 0 fully saturated rings. The minimum absolute atomic E-state index is 0.00625. The van der Waals surface area contributed by atoms with Gasteiger partial charge in [0.25, 0.3) is 11.7 Å². The smallest absolute Gasteiger partial charge is 0.299 e. The van der Waals surface area contributed by atoms with E-state index in [-0.39, 0.29) is 5.54 Å². The van der Waals surface area contributed by atoms with Crippen molar-refractivity contribution in [3.8, 4) is 0 Å². The molecule has 1 aliphatic rings. The Morgan fingerprint density at radius 1 is 1.17 bits per heavy atom. The third-order valence-electron chi connectivity index (χ3n) is 2.87. The monoisotopic (exact) mass is 246 g/mol. The number of carbonyl (C=O) groups is 2. The highest BCUT2D eigenvalue weighted by Crippen LogP contribution is 2.27. The number of rotatable bonds is 3. The molecule has 0 bridgehead atoms. The number of para-hydroxylation sites is 1. The number of nitrogens with zero attached hydrogens (tertiary/aromatic N) is 1. The van der Waals surface area contributed by atoms with Crippen LogP contribution in [0.1, 0.15) is 31.1 Å². The summed E-state index contributed by atoms with van der Waals surface area (Å²) in [4.78, 5) is 25.2. The summed E-state index contributed by atoms with van der Waals surface area (Å²) in [5, 5.41) is 3.31. The molecule has 0 saturated heterocycles. The van der Waals surface area contributed by atoms with Gasteiger partial charge < -0.3 is 10.2 Å². The SMILES string of the molecule is CC(C)(C)NCCN1C(=O)C(=O)c2ccccc21. The first kappa shape index (κ1) is 12.8. The van der Waals surface area contributed by atoms with Crippen LogP contribution in [-0.2, 0) is 4.79 Å². The molecule has 1 N–H and O–H groups in total. The summed E-state index contributed by atoms with van der Waals surface area (Å²) >= 11 is 0. The standard InChI is InChI=1S/C14H18N2O2/c1-14(2,3)15-8-9-16-11-7-5-4-6-10(11)12(17)13(16)18/h4-7,15H,8-9H2,1-3H3. The van der Waals surface area contributed by atoms with Gasteiger partial charge in [-0.05, 0) is 32.9 Å². The summed E-state index contributed by atoms with van der Waals surface area (Å²) in [5.41, 5.74) is 1.24. The molecule has 96 valence electrons. The van der Waals surface area contributed by atoms with E-state index in [0.29, 0.717) is 18.7 Å². The van der Waals surface area contributed by atoms with Crippen LogP contribution < -0.4 is 10.2 Å². The van der Waals surface area contributed by atoms with E-state index in [1.54, 1.807) is 17.0 Å². The van der Waals surface area contributed by atoms with E-state index in [2.05, 4.69) is 26.1 Å². The van der Waals surface area contributed by atoms with Crippen LogP contribution in [0.4, 0.5) is 5.69 Å². The van der Waals surface area contributed by atoms with Crippen molar-refractivity contribution >= 4 is 17.4 Å². The van der Waals surface area contributed by atoms with Crippen molar-refractivity contribution in [1.82, 2.24) is 5.32 Å². The molecule has 0 aliphatic carbocycles. The van der Waals surface area contributed by atoms with Gasteiger partial charge in [-0.15, -0.1) is 0 Å². The predicted molar refractivity (Wildman–Crippen MR) is 70.9 cm³/mol. The van der Waals surface area contributed by atoms with E-state index in [9.17, 15) is 9.59 Å². The van der Waals surface area contributed by atoms with Crippen LogP contribution in [0, 0.1) is 0 Å². The Balaban J connectivity index is 2.10. The number of fused-ring (bicyclic) bond motifs is 1. The molecule has 2 rings (SSSR count). The van der Waals surface area contributed by atoms with Crippen molar-refractivity contribution in [2.24, 2.45) is 0 Å². The zero-order chi connectivity index (χ0) is 13.3. The van der Waals surface area contributed by atoms with E-state index < -0.39 is 11.7 Å². The maximum Gasteiger partial charge on any atom is 0.299 e. The number of anilines is 1. The van der Waals surface area contributed by atoms with Gasteiger partial charge in [0.15, 0.2) is 0 Å². The van der Waals surface area contributed by atoms with Crippen LogP contribution in [0.2, 0.25) is 0 Å². The highest BCUT2D eigenvalue weighted by Gasteiger charge is 2.34. The van der Waals surface area contributed by atoms with Crippen LogP contribution in [0.5, 0.6) is 0 Å². The van der Waals surface area contributed by atoms with E-state index in [1.807, 2.05) is 12.1 Å². The van der Waals surface area contributed by atoms with Crippen LogP contribution >= 0.6 is 0 Å². The molecule has 4 nitrogen and oxygen atoms in total. The van der Waals surface area contributed by atoms with Crippen molar-refractivity contribution in [2.45, 2.75) is 26.3 Å². The molecule has 0 spiro atoms. The van der Waals surface area contributed by atoms with Crippen LogP contribution in [0.3, 0.4) is 0 Å². The molecule has 4 heteroatoms. The highest BCUT2D eigenvalue weighted by molar-refractivity contribution is 6.52. The molecule has 0 saturated carbocycles. The number of hydrogen-bond acceptors (Lipinski definition) is 3. The molecule has 1 amide bonds. The number of carbonyl (C=O) groups excluding carboxylic acids is 2. The first-order valence-corrected chi connectivity index (χ1v) is 6.10. The van der Waals surface area contributed by atoms with Gasteiger partial charge in [-0.25, -0.2) is 0 Å². The zero-order valence-corrected chi connectivity index (χ0v) is 11.0. The predicted octanol–water partition coefficient (Wildman–Crippen LogP) is 1.60. The number of ketones is 1. The van der Waals surface area contributed by atoms with Gasteiger partial charge in [-0.2, -0.15) is 0 Å². The maximum absolute atomic E-state index is 11.9. The summed E-state index contributed by atoms with van der Waals surface area (Å²) in [6, 6.07) is 7.14. The number of benzene rings is 1. The molecule has 0 radical (unpaired) electrons. The fourth-order valence-electron chi connectivity index (χ4n) is 2.01. The number of hydrogen-bond donors (Lipinski definition) is 1. The average molecular weight is 246 g/mol. The summed E-state index contributed by atoms with van der Waals surface area (Å²) in [6.45, 7) is 7.38. The number of nitrogens with one attached hydrogen (secondary N) is 1. The second-order valence-corrected chi connectivity index (χ2v) is 5.48. The fraction of sp³-hybridized carbons (Fsp3) is 0.429. The first-order valence-electron chi connectivity index (χ1n) is 6.10. The quantitative estimate of drug-likeness (QED) is 0.824. The summed E-state index contributed by atoms with van der Waals surface area (Å²) < 4.78 is 0.